The molecule has 94 valence electrons. The lowest BCUT2D eigenvalue weighted by Crippen LogP contribution is -2.02. The van der Waals surface area contributed by atoms with Gasteiger partial charge >= 0.3 is 0 Å². The number of nitro groups is 1. The molecule has 2 aromatic heterocycles. The molecule has 0 saturated carbocycles. The van der Waals surface area contributed by atoms with Crippen molar-refractivity contribution in [2.45, 2.75) is 20.4 Å². The van der Waals surface area contributed by atoms with E-state index in [4.69, 9.17) is 0 Å². The summed E-state index contributed by atoms with van der Waals surface area (Å²) < 4.78 is 0. The van der Waals surface area contributed by atoms with Crippen LogP contribution in [0.5, 0.6) is 0 Å². The summed E-state index contributed by atoms with van der Waals surface area (Å²) in [6, 6.07) is 3.52. The molecule has 0 aliphatic carbocycles. The van der Waals surface area contributed by atoms with E-state index in [2.05, 4.69) is 10.3 Å². The molecule has 0 aliphatic heterocycles. The molecule has 0 aliphatic rings. The minimum Gasteiger partial charge on any atom is -0.365 e. The van der Waals surface area contributed by atoms with E-state index in [-0.39, 0.29) is 5.69 Å². The van der Waals surface area contributed by atoms with E-state index < -0.39 is 4.92 Å². The van der Waals surface area contributed by atoms with Crippen LogP contribution < -0.4 is 5.32 Å². The summed E-state index contributed by atoms with van der Waals surface area (Å²) >= 11 is 1.66. The first-order chi connectivity index (χ1) is 8.58. The number of thiophene rings is 1. The number of hydrogen-bond donors (Lipinski definition) is 1. The van der Waals surface area contributed by atoms with Gasteiger partial charge < -0.3 is 5.32 Å². The van der Waals surface area contributed by atoms with Crippen LogP contribution >= 0.6 is 11.3 Å². The second-order valence-corrected chi connectivity index (χ2v) is 4.99. The molecule has 0 amide bonds. The highest BCUT2D eigenvalue weighted by molar-refractivity contribution is 7.10. The van der Waals surface area contributed by atoms with Crippen LogP contribution in [0.15, 0.2) is 23.7 Å². The molecular weight excluding hydrogens is 250 g/mol. The maximum Gasteiger partial charge on any atom is 0.277 e. The molecule has 6 heteroatoms. The van der Waals surface area contributed by atoms with Gasteiger partial charge in [0.05, 0.1) is 17.5 Å². The first kappa shape index (κ1) is 12.5. The topological polar surface area (TPSA) is 68.1 Å². The van der Waals surface area contributed by atoms with Gasteiger partial charge in [0.25, 0.3) is 5.69 Å². The summed E-state index contributed by atoms with van der Waals surface area (Å²) in [5, 5.41) is 15.9. The van der Waals surface area contributed by atoms with Crippen LogP contribution in [0.2, 0.25) is 0 Å². The molecule has 5 nitrogen and oxygen atoms in total. The number of aromatic nitrogens is 1. The lowest BCUT2D eigenvalue weighted by atomic mass is 10.2. The highest BCUT2D eigenvalue weighted by Crippen LogP contribution is 2.21. The lowest BCUT2D eigenvalue weighted by molar-refractivity contribution is -0.385. The Labute approximate surface area is 109 Å². The van der Waals surface area contributed by atoms with Gasteiger partial charge in [-0.2, -0.15) is 0 Å². The molecule has 1 N–H and O–H groups in total. The third-order valence-electron chi connectivity index (χ3n) is 2.67. The van der Waals surface area contributed by atoms with Crippen molar-refractivity contribution in [1.82, 2.24) is 4.98 Å². The summed E-state index contributed by atoms with van der Waals surface area (Å²) in [5.41, 5.74) is 1.88. The van der Waals surface area contributed by atoms with Gasteiger partial charge in [-0.25, -0.2) is 4.98 Å². The third kappa shape index (κ3) is 2.65. The van der Waals surface area contributed by atoms with Gasteiger partial charge in [0, 0.05) is 16.6 Å². The number of nitrogens with one attached hydrogen (secondary N) is 1. The smallest absolute Gasteiger partial charge is 0.277 e. The molecule has 18 heavy (non-hydrogen) atoms. The SMILES string of the molecule is Cc1cnc(NCc2sccc2C)cc1[N+](=O)[O-]. The minimum absolute atomic E-state index is 0.0930. The predicted octanol–water partition coefficient (Wildman–Crippen LogP) is 3.28. The van der Waals surface area contributed by atoms with Crippen molar-refractivity contribution in [2.24, 2.45) is 0 Å². The van der Waals surface area contributed by atoms with Gasteiger partial charge in [-0.05, 0) is 30.9 Å². The summed E-state index contributed by atoms with van der Waals surface area (Å²) in [6.07, 6.45) is 1.52. The van der Waals surface area contributed by atoms with Gasteiger partial charge in [0.15, 0.2) is 0 Å². The summed E-state index contributed by atoms with van der Waals surface area (Å²) in [6.45, 7) is 4.35. The number of pyridine rings is 1. The largest absolute Gasteiger partial charge is 0.365 e. The molecular formula is C12H13N3O2S. The third-order valence-corrected chi connectivity index (χ3v) is 3.69. The fraction of sp³-hybridized carbons (Fsp3) is 0.250. The van der Waals surface area contributed by atoms with Gasteiger partial charge in [0.2, 0.25) is 0 Å². The number of anilines is 1. The molecule has 0 fully saturated rings. The fourth-order valence-electron chi connectivity index (χ4n) is 1.56. The van der Waals surface area contributed by atoms with E-state index in [1.165, 1.54) is 22.7 Å². The minimum atomic E-state index is -0.390. The molecule has 0 bridgehead atoms. The summed E-state index contributed by atoms with van der Waals surface area (Å²) in [4.78, 5) is 15.8. The average Bonchev–Trinajstić information content (AvgIpc) is 2.73. The number of hydrogen-bond acceptors (Lipinski definition) is 5. The highest BCUT2D eigenvalue weighted by atomic mass is 32.1. The van der Waals surface area contributed by atoms with Crippen molar-refractivity contribution in [3.05, 3.63) is 49.8 Å². The molecule has 0 radical (unpaired) electrons. The van der Waals surface area contributed by atoms with Crippen molar-refractivity contribution < 1.29 is 4.92 Å². The molecule has 2 aromatic rings. The van der Waals surface area contributed by atoms with Gasteiger partial charge in [-0.3, -0.25) is 10.1 Å². The zero-order chi connectivity index (χ0) is 13.1. The summed E-state index contributed by atoms with van der Waals surface area (Å²) in [5.74, 6) is 0.528. The number of rotatable bonds is 4. The van der Waals surface area contributed by atoms with Crippen LogP contribution in [0.4, 0.5) is 11.5 Å². The van der Waals surface area contributed by atoms with E-state index in [1.807, 2.05) is 18.4 Å². The molecule has 0 spiro atoms. The Morgan fingerprint density at radius 3 is 2.83 bits per heavy atom. The first-order valence-corrected chi connectivity index (χ1v) is 6.34. The van der Waals surface area contributed by atoms with Crippen LogP contribution in [-0.4, -0.2) is 9.91 Å². The summed E-state index contributed by atoms with van der Waals surface area (Å²) in [7, 11) is 0. The Morgan fingerprint density at radius 2 is 2.22 bits per heavy atom. The van der Waals surface area contributed by atoms with Crippen LogP contribution in [0.3, 0.4) is 0 Å². The van der Waals surface area contributed by atoms with Crippen molar-refractivity contribution in [2.75, 3.05) is 5.32 Å². The predicted molar refractivity (Wildman–Crippen MR) is 72.0 cm³/mol. The zero-order valence-electron chi connectivity index (χ0n) is 10.1. The Kier molecular flexibility index (Phi) is 3.57. The number of aryl methyl sites for hydroxylation is 2. The molecule has 0 aromatic carbocycles. The van der Waals surface area contributed by atoms with Crippen molar-refractivity contribution >= 4 is 22.8 Å². The van der Waals surface area contributed by atoms with Crippen molar-refractivity contribution in [1.29, 1.82) is 0 Å². The molecule has 0 saturated heterocycles. The monoisotopic (exact) mass is 263 g/mol. The van der Waals surface area contributed by atoms with Crippen molar-refractivity contribution in [3.8, 4) is 0 Å². The number of nitrogens with zero attached hydrogens (tertiary/aromatic N) is 2. The lowest BCUT2D eigenvalue weighted by Gasteiger charge is -2.05. The highest BCUT2D eigenvalue weighted by Gasteiger charge is 2.12. The standard InChI is InChI=1S/C12H13N3O2S/c1-8-3-4-18-11(8)7-14-12-5-10(15(16)17)9(2)6-13-12/h3-6H,7H2,1-2H3,(H,13,14). The Morgan fingerprint density at radius 1 is 1.44 bits per heavy atom. The molecule has 2 rings (SSSR count). The van der Waals surface area contributed by atoms with E-state index in [0.717, 1.165) is 0 Å². The van der Waals surface area contributed by atoms with E-state index >= 15 is 0 Å². The van der Waals surface area contributed by atoms with Crippen molar-refractivity contribution in [3.63, 3.8) is 0 Å². The Balaban J connectivity index is 2.13. The van der Waals surface area contributed by atoms with Crippen LogP contribution in [-0.2, 0) is 6.54 Å². The van der Waals surface area contributed by atoms with Gasteiger partial charge in [-0.1, -0.05) is 0 Å². The Hall–Kier alpha value is -1.95. The Bertz CT molecular complexity index is 580. The van der Waals surface area contributed by atoms with Crippen LogP contribution in [0, 0.1) is 24.0 Å². The average molecular weight is 263 g/mol. The zero-order valence-corrected chi connectivity index (χ0v) is 11.0. The quantitative estimate of drug-likeness (QED) is 0.679. The maximum atomic E-state index is 10.8. The fourth-order valence-corrected chi connectivity index (χ4v) is 2.41. The second kappa shape index (κ2) is 5.14. The van der Waals surface area contributed by atoms with E-state index in [9.17, 15) is 10.1 Å². The maximum absolute atomic E-state index is 10.8. The molecule has 0 atom stereocenters. The van der Waals surface area contributed by atoms with E-state index in [0.29, 0.717) is 17.9 Å². The normalized spacial score (nSPS) is 10.3. The second-order valence-electron chi connectivity index (χ2n) is 3.99. The van der Waals surface area contributed by atoms with Crippen LogP contribution in [0.25, 0.3) is 0 Å². The van der Waals surface area contributed by atoms with E-state index in [1.54, 1.807) is 18.3 Å². The van der Waals surface area contributed by atoms with Gasteiger partial charge in [0.1, 0.15) is 5.82 Å². The van der Waals surface area contributed by atoms with Crippen LogP contribution in [0.1, 0.15) is 16.0 Å². The molecule has 0 unspecified atom stereocenters. The van der Waals surface area contributed by atoms with Gasteiger partial charge in [-0.15, -0.1) is 11.3 Å². The first-order valence-electron chi connectivity index (χ1n) is 5.46. The molecule has 2 heterocycles.